The third kappa shape index (κ3) is 1.86. The monoisotopic (exact) mass is 235 g/mol. The number of anilines is 1. The zero-order valence-electron chi connectivity index (χ0n) is 9.80. The number of nitrogens with two attached hydrogens (primary N) is 1. The summed E-state index contributed by atoms with van der Waals surface area (Å²) in [6, 6.07) is 16.2. The number of nitrogens with one attached hydrogen (secondary N) is 1. The van der Waals surface area contributed by atoms with Gasteiger partial charge in [-0.3, -0.25) is 5.10 Å². The Labute approximate surface area is 105 Å². The highest BCUT2D eigenvalue weighted by molar-refractivity contribution is 5.80. The molecule has 0 radical (unpaired) electrons. The van der Waals surface area contributed by atoms with Gasteiger partial charge in [0.25, 0.3) is 0 Å². The predicted molar refractivity (Wildman–Crippen MR) is 73.9 cm³/mol. The van der Waals surface area contributed by atoms with Crippen LogP contribution in [0.1, 0.15) is 0 Å². The van der Waals surface area contributed by atoms with Gasteiger partial charge in [0, 0.05) is 23.0 Å². The highest BCUT2D eigenvalue weighted by atomic mass is 15.1. The van der Waals surface area contributed by atoms with Crippen LogP contribution in [0.5, 0.6) is 0 Å². The number of aromatic amines is 1. The van der Waals surface area contributed by atoms with Gasteiger partial charge < -0.3 is 5.73 Å². The molecule has 0 aliphatic carbocycles. The summed E-state index contributed by atoms with van der Waals surface area (Å²) in [5.41, 5.74) is 11.2. The molecule has 0 spiro atoms. The Morgan fingerprint density at radius 3 is 2.39 bits per heavy atom. The number of aromatic nitrogens is 2. The topological polar surface area (TPSA) is 54.7 Å². The van der Waals surface area contributed by atoms with Crippen molar-refractivity contribution in [3.8, 4) is 22.3 Å². The molecule has 3 nitrogen and oxygen atoms in total. The van der Waals surface area contributed by atoms with E-state index in [0.29, 0.717) is 0 Å². The van der Waals surface area contributed by atoms with Gasteiger partial charge in [0.2, 0.25) is 0 Å². The summed E-state index contributed by atoms with van der Waals surface area (Å²) in [5.74, 6) is 0. The molecule has 1 heterocycles. The van der Waals surface area contributed by atoms with Crippen LogP contribution in [0.4, 0.5) is 5.69 Å². The summed E-state index contributed by atoms with van der Waals surface area (Å²) in [6.07, 6.45) is 3.65. The minimum Gasteiger partial charge on any atom is -0.398 e. The lowest BCUT2D eigenvalue weighted by atomic mass is 10.00. The van der Waals surface area contributed by atoms with Crippen LogP contribution in [0.25, 0.3) is 22.3 Å². The van der Waals surface area contributed by atoms with E-state index in [9.17, 15) is 0 Å². The molecule has 3 aromatic rings. The maximum absolute atomic E-state index is 6.13. The van der Waals surface area contributed by atoms with Crippen LogP contribution in [-0.4, -0.2) is 10.2 Å². The first-order valence-corrected chi connectivity index (χ1v) is 5.79. The largest absolute Gasteiger partial charge is 0.398 e. The van der Waals surface area contributed by atoms with Crippen molar-refractivity contribution in [2.75, 3.05) is 5.73 Å². The number of nitrogens with zero attached hydrogens (tertiary/aromatic N) is 1. The molecular formula is C15H13N3. The van der Waals surface area contributed by atoms with Crippen LogP contribution in [-0.2, 0) is 0 Å². The third-order valence-corrected chi connectivity index (χ3v) is 2.97. The smallest absolute Gasteiger partial charge is 0.0565 e. The Bertz CT molecular complexity index is 643. The SMILES string of the molecule is Nc1cc(-c2cn[nH]c2)ccc1-c1ccccc1. The van der Waals surface area contributed by atoms with E-state index in [1.54, 1.807) is 6.20 Å². The molecule has 0 saturated heterocycles. The molecule has 0 bridgehead atoms. The molecule has 0 amide bonds. The van der Waals surface area contributed by atoms with Crippen LogP contribution in [0.15, 0.2) is 60.9 Å². The molecule has 1 aromatic heterocycles. The molecule has 0 aliphatic rings. The van der Waals surface area contributed by atoms with Crippen molar-refractivity contribution in [2.45, 2.75) is 0 Å². The number of H-pyrrole nitrogens is 1. The average molecular weight is 235 g/mol. The molecule has 3 N–H and O–H groups in total. The molecule has 2 aromatic carbocycles. The minimum atomic E-state index is 0.778. The van der Waals surface area contributed by atoms with Crippen molar-refractivity contribution in [2.24, 2.45) is 0 Å². The number of rotatable bonds is 2. The van der Waals surface area contributed by atoms with E-state index in [4.69, 9.17) is 5.73 Å². The third-order valence-electron chi connectivity index (χ3n) is 2.97. The van der Waals surface area contributed by atoms with Crippen LogP contribution >= 0.6 is 0 Å². The van der Waals surface area contributed by atoms with E-state index in [1.165, 1.54) is 0 Å². The maximum atomic E-state index is 6.13. The first-order chi connectivity index (χ1) is 8.84. The van der Waals surface area contributed by atoms with Gasteiger partial charge in [-0.2, -0.15) is 5.10 Å². The molecule has 18 heavy (non-hydrogen) atoms. The van der Waals surface area contributed by atoms with Crippen LogP contribution in [0, 0.1) is 0 Å². The van der Waals surface area contributed by atoms with E-state index in [2.05, 4.69) is 28.4 Å². The zero-order chi connectivity index (χ0) is 12.4. The maximum Gasteiger partial charge on any atom is 0.0565 e. The van der Waals surface area contributed by atoms with Crippen molar-refractivity contribution in [1.82, 2.24) is 10.2 Å². The first kappa shape index (κ1) is 10.6. The molecule has 3 rings (SSSR count). The van der Waals surface area contributed by atoms with Gasteiger partial charge in [-0.05, 0) is 17.2 Å². The van der Waals surface area contributed by atoms with Gasteiger partial charge in [-0.1, -0.05) is 42.5 Å². The molecule has 88 valence electrons. The van der Waals surface area contributed by atoms with Crippen molar-refractivity contribution < 1.29 is 0 Å². The summed E-state index contributed by atoms with van der Waals surface area (Å²) in [4.78, 5) is 0. The zero-order valence-corrected chi connectivity index (χ0v) is 9.80. The Balaban J connectivity index is 2.05. The van der Waals surface area contributed by atoms with Gasteiger partial charge in [-0.25, -0.2) is 0 Å². The first-order valence-electron chi connectivity index (χ1n) is 5.79. The lowest BCUT2D eigenvalue weighted by Crippen LogP contribution is -1.90. The Kier molecular flexibility index (Phi) is 2.57. The lowest BCUT2D eigenvalue weighted by molar-refractivity contribution is 1.09. The van der Waals surface area contributed by atoms with Crippen molar-refractivity contribution in [1.29, 1.82) is 0 Å². The second-order valence-electron chi connectivity index (χ2n) is 4.16. The summed E-state index contributed by atoms with van der Waals surface area (Å²) in [7, 11) is 0. The number of benzene rings is 2. The van der Waals surface area contributed by atoms with Gasteiger partial charge in [0.05, 0.1) is 6.20 Å². The van der Waals surface area contributed by atoms with Gasteiger partial charge in [-0.15, -0.1) is 0 Å². The fraction of sp³-hybridized carbons (Fsp3) is 0. The minimum absolute atomic E-state index is 0.778. The molecule has 0 atom stereocenters. The van der Waals surface area contributed by atoms with E-state index in [1.807, 2.05) is 36.5 Å². The summed E-state index contributed by atoms with van der Waals surface area (Å²) < 4.78 is 0. The predicted octanol–water partition coefficient (Wildman–Crippen LogP) is 3.33. The lowest BCUT2D eigenvalue weighted by Gasteiger charge is -2.07. The van der Waals surface area contributed by atoms with Crippen molar-refractivity contribution >= 4 is 5.69 Å². The summed E-state index contributed by atoms with van der Waals surface area (Å²) in [6.45, 7) is 0. The molecule has 0 unspecified atom stereocenters. The summed E-state index contributed by atoms with van der Waals surface area (Å²) in [5, 5.41) is 6.75. The number of nitrogen functional groups attached to an aromatic ring is 1. The van der Waals surface area contributed by atoms with Crippen molar-refractivity contribution in [3.05, 3.63) is 60.9 Å². The fourth-order valence-corrected chi connectivity index (χ4v) is 2.03. The van der Waals surface area contributed by atoms with Crippen LogP contribution in [0.2, 0.25) is 0 Å². The quantitative estimate of drug-likeness (QED) is 0.669. The van der Waals surface area contributed by atoms with Crippen molar-refractivity contribution in [3.63, 3.8) is 0 Å². The van der Waals surface area contributed by atoms with E-state index < -0.39 is 0 Å². The standard InChI is InChI=1S/C15H13N3/c16-15-8-12(13-9-17-18-10-13)6-7-14(15)11-4-2-1-3-5-11/h1-10H,16H2,(H,17,18). The normalized spacial score (nSPS) is 10.4. The fourth-order valence-electron chi connectivity index (χ4n) is 2.03. The Morgan fingerprint density at radius 2 is 1.72 bits per heavy atom. The molecule has 3 heteroatoms. The van der Waals surface area contributed by atoms with Gasteiger partial charge >= 0.3 is 0 Å². The Morgan fingerprint density at radius 1 is 0.889 bits per heavy atom. The van der Waals surface area contributed by atoms with Gasteiger partial charge in [0.1, 0.15) is 0 Å². The number of hydrogen-bond acceptors (Lipinski definition) is 2. The van der Waals surface area contributed by atoms with Crippen LogP contribution < -0.4 is 5.73 Å². The average Bonchev–Trinajstić information content (AvgIpc) is 2.93. The molecule has 0 aliphatic heterocycles. The molecular weight excluding hydrogens is 222 g/mol. The molecule has 0 fully saturated rings. The van der Waals surface area contributed by atoms with Gasteiger partial charge in [0.15, 0.2) is 0 Å². The highest BCUT2D eigenvalue weighted by Crippen LogP contribution is 2.30. The van der Waals surface area contributed by atoms with E-state index in [-0.39, 0.29) is 0 Å². The Hall–Kier alpha value is -2.55. The summed E-state index contributed by atoms with van der Waals surface area (Å²) >= 11 is 0. The second-order valence-corrected chi connectivity index (χ2v) is 4.16. The van der Waals surface area contributed by atoms with E-state index in [0.717, 1.165) is 27.9 Å². The highest BCUT2D eigenvalue weighted by Gasteiger charge is 2.05. The van der Waals surface area contributed by atoms with E-state index >= 15 is 0 Å². The number of hydrogen-bond donors (Lipinski definition) is 2. The second kappa shape index (κ2) is 4.37. The van der Waals surface area contributed by atoms with Crippen LogP contribution in [0.3, 0.4) is 0 Å². The molecule has 0 saturated carbocycles.